The first-order valence-corrected chi connectivity index (χ1v) is 7.44. The van der Waals surface area contributed by atoms with Crippen molar-refractivity contribution in [3.63, 3.8) is 0 Å². The zero-order chi connectivity index (χ0) is 16.3. The van der Waals surface area contributed by atoms with Gasteiger partial charge in [0, 0.05) is 26.2 Å². The van der Waals surface area contributed by atoms with Gasteiger partial charge in [-0.05, 0) is 31.0 Å². The Morgan fingerprint density at radius 1 is 1.32 bits per heavy atom. The summed E-state index contributed by atoms with van der Waals surface area (Å²) in [7, 11) is 1.64. The lowest BCUT2D eigenvalue weighted by molar-refractivity contribution is -0.137. The Bertz CT molecular complexity index is 634. The van der Waals surface area contributed by atoms with E-state index in [2.05, 4.69) is 4.98 Å². The molecule has 1 aromatic carbocycles. The van der Waals surface area contributed by atoms with E-state index in [1.165, 1.54) is 6.07 Å². The molecule has 1 unspecified atom stereocenters. The third-order valence-electron chi connectivity index (χ3n) is 3.89. The molecule has 0 radical (unpaired) electrons. The molecule has 0 aliphatic heterocycles. The second kappa shape index (κ2) is 6.69. The minimum absolute atomic E-state index is 0.198. The summed E-state index contributed by atoms with van der Waals surface area (Å²) >= 11 is 0. The smallest absolute Gasteiger partial charge is 0.385 e. The van der Waals surface area contributed by atoms with Crippen molar-refractivity contribution >= 4 is 11.0 Å². The quantitative estimate of drug-likeness (QED) is 0.728. The van der Waals surface area contributed by atoms with E-state index in [1.54, 1.807) is 7.11 Å². The number of benzene rings is 1. The first-order valence-electron chi connectivity index (χ1n) is 7.44. The lowest BCUT2D eigenvalue weighted by Crippen LogP contribution is -2.08. The fourth-order valence-corrected chi connectivity index (χ4v) is 2.49. The molecule has 0 bridgehead atoms. The standard InChI is InChI=1S/C16H21F3N2O/c1-4-11(2)15-20-13-10-12(16(17,18)19)6-7-14(13)21(15)8-5-9-22-3/h6-7,10-11H,4-5,8-9H2,1-3H3. The number of hydrogen-bond donors (Lipinski definition) is 0. The van der Waals surface area contributed by atoms with E-state index in [-0.39, 0.29) is 5.92 Å². The number of imidazole rings is 1. The minimum atomic E-state index is -4.34. The van der Waals surface area contributed by atoms with E-state index >= 15 is 0 Å². The molecular formula is C16H21F3N2O. The van der Waals surface area contributed by atoms with Gasteiger partial charge in [0.15, 0.2) is 0 Å². The fourth-order valence-electron chi connectivity index (χ4n) is 2.49. The van der Waals surface area contributed by atoms with Crippen molar-refractivity contribution in [1.82, 2.24) is 9.55 Å². The predicted octanol–water partition coefficient (Wildman–Crippen LogP) is 4.61. The third kappa shape index (κ3) is 3.43. The number of nitrogens with zero attached hydrogens (tertiary/aromatic N) is 2. The van der Waals surface area contributed by atoms with Gasteiger partial charge in [0.05, 0.1) is 16.6 Å². The first-order chi connectivity index (χ1) is 10.4. The monoisotopic (exact) mass is 314 g/mol. The van der Waals surface area contributed by atoms with Crippen molar-refractivity contribution in [1.29, 1.82) is 0 Å². The highest BCUT2D eigenvalue weighted by Gasteiger charge is 2.31. The van der Waals surface area contributed by atoms with Gasteiger partial charge in [-0.25, -0.2) is 4.98 Å². The van der Waals surface area contributed by atoms with Crippen LogP contribution in [0.25, 0.3) is 11.0 Å². The molecule has 0 fully saturated rings. The highest BCUT2D eigenvalue weighted by Crippen LogP contribution is 2.32. The van der Waals surface area contributed by atoms with Crippen LogP contribution in [0.5, 0.6) is 0 Å². The summed E-state index contributed by atoms with van der Waals surface area (Å²) in [6, 6.07) is 3.77. The average molecular weight is 314 g/mol. The van der Waals surface area contributed by atoms with Gasteiger partial charge in [-0.15, -0.1) is 0 Å². The number of fused-ring (bicyclic) bond motifs is 1. The number of aromatic nitrogens is 2. The van der Waals surface area contributed by atoms with Crippen molar-refractivity contribution in [2.75, 3.05) is 13.7 Å². The zero-order valence-electron chi connectivity index (χ0n) is 13.1. The van der Waals surface area contributed by atoms with Crippen LogP contribution in [0.1, 0.15) is 44.0 Å². The van der Waals surface area contributed by atoms with Crippen LogP contribution in [0.2, 0.25) is 0 Å². The number of alkyl halides is 3. The first kappa shape index (κ1) is 16.8. The molecule has 2 rings (SSSR count). The molecular weight excluding hydrogens is 293 g/mol. The van der Waals surface area contributed by atoms with Crippen molar-refractivity contribution < 1.29 is 17.9 Å². The molecule has 2 aromatic rings. The summed E-state index contributed by atoms with van der Waals surface area (Å²) in [4.78, 5) is 4.46. The van der Waals surface area contributed by atoms with E-state index in [0.29, 0.717) is 18.7 Å². The maximum Gasteiger partial charge on any atom is 0.416 e. The van der Waals surface area contributed by atoms with Crippen LogP contribution in [-0.2, 0) is 17.5 Å². The Morgan fingerprint density at radius 2 is 2.05 bits per heavy atom. The van der Waals surface area contributed by atoms with Crippen LogP contribution < -0.4 is 0 Å². The topological polar surface area (TPSA) is 27.1 Å². The average Bonchev–Trinajstić information content (AvgIpc) is 2.84. The van der Waals surface area contributed by atoms with Gasteiger partial charge in [0.1, 0.15) is 5.82 Å². The molecule has 6 heteroatoms. The number of rotatable bonds is 6. The Hall–Kier alpha value is -1.56. The highest BCUT2D eigenvalue weighted by atomic mass is 19.4. The molecule has 0 aliphatic rings. The number of methoxy groups -OCH3 is 1. The maximum absolute atomic E-state index is 12.8. The van der Waals surface area contributed by atoms with Crippen molar-refractivity contribution in [2.24, 2.45) is 0 Å². The maximum atomic E-state index is 12.8. The van der Waals surface area contributed by atoms with Gasteiger partial charge >= 0.3 is 6.18 Å². The molecule has 3 nitrogen and oxygen atoms in total. The second-order valence-electron chi connectivity index (χ2n) is 5.48. The summed E-state index contributed by atoms with van der Waals surface area (Å²) in [5.74, 6) is 1.04. The molecule has 0 aliphatic carbocycles. The van der Waals surface area contributed by atoms with Crippen LogP contribution in [0.3, 0.4) is 0 Å². The summed E-state index contributed by atoms with van der Waals surface area (Å²) in [6.07, 6.45) is -2.66. The second-order valence-corrected chi connectivity index (χ2v) is 5.48. The largest absolute Gasteiger partial charge is 0.416 e. The van der Waals surface area contributed by atoms with E-state index in [1.807, 2.05) is 18.4 Å². The zero-order valence-corrected chi connectivity index (χ0v) is 13.1. The molecule has 122 valence electrons. The molecule has 0 N–H and O–H groups in total. The number of aryl methyl sites for hydroxylation is 1. The molecule has 0 spiro atoms. The summed E-state index contributed by atoms with van der Waals surface area (Å²) in [6.45, 7) is 5.39. The van der Waals surface area contributed by atoms with E-state index < -0.39 is 11.7 Å². The molecule has 1 atom stereocenters. The van der Waals surface area contributed by atoms with Gasteiger partial charge in [0.25, 0.3) is 0 Å². The van der Waals surface area contributed by atoms with Crippen molar-refractivity contribution in [2.45, 2.75) is 45.3 Å². The normalized spacial score (nSPS) is 13.7. The lowest BCUT2D eigenvalue weighted by Gasteiger charge is -2.13. The molecule has 0 amide bonds. The highest BCUT2D eigenvalue weighted by molar-refractivity contribution is 5.77. The van der Waals surface area contributed by atoms with Crippen LogP contribution in [0, 0.1) is 0 Å². The van der Waals surface area contributed by atoms with Gasteiger partial charge in [-0.1, -0.05) is 13.8 Å². The third-order valence-corrected chi connectivity index (χ3v) is 3.89. The molecule has 1 aromatic heterocycles. The van der Waals surface area contributed by atoms with Crippen LogP contribution in [-0.4, -0.2) is 23.3 Å². The molecule has 22 heavy (non-hydrogen) atoms. The Balaban J connectivity index is 2.48. The minimum Gasteiger partial charge on any atom is -0.385 e. The van der Waals surface area contributed by atoms with Crippen LogP contribution in [0.15, 0.2) is 18.2 Å². The van der Waals surface area contributed by atoms with Gasteiger partial charge in [-0.2, -0.15) is 13.2 Å². The van der Waals surface area contributed by atoms with Crippen LogP contribution in [0.4, 0.5) is 13.2 Å². The number of hydrogen-bond acceptors (Lipinski definition) is 2. The summed E-state index contributed by atoms with van der Waals surface area (Å²) in [5, 5.41) is 0. The van der Waals surface area contributed by atoms with E-state index in [4.69, 9.17) is 4.74 Å². The Labute approximate surface area is 128 Å². The Morgan fingerprint density at radius 3 is 2.64 bits per heavy atom. The summed E-state index contributed by atoms with van der Waals surface area (Å²) < 4.78 is 45.6. The molecule has 1 heterocycles. The van der Waals surface area contributed by atoms with Crippen LogP contribution >= 0.6 is 0 Å². The van der Waals surface area contributed by atoms with Crippen molar-refractivity contribution in [3.05, 3.63) is 29.6 Å². The van der Waals surface area contributed by atoms with Gasteiger partial charge in [0.2, 0.25) is 0 Å². The van der Waals surface area contributed by atoms with Crippen molar-refractivity contribution in [3.8, 4) is 0 Å². The molecule has 0 saturated heterocycles. The van der Waals surface area contributed by atoms with Gasteiger partial charge < -0.3 is 9.30 Å². The fraction of sp³-hybridized carbons (Fsp3) is 0.562. The lowest BCUT2D eigenvalue weighted by atomic mass is 10.1. The summed E-state index contributed by atoms with van der Waals surface area (Å²) in [5.41, 5.74) is 0.499. The van der Waals surface area contributed by atoms with E-state index in [0.717, 1.165) is 36.3 Å². The number of halogens is 3. The number of ether oxygens (including phenoxy) is 1. The molecule has 0 saturated carbocycles. The van der Waals surface area contributed by atoms with Gasteiger partial charge in [-0.3, -0.25) is 0 Å². The Kier molecular flexibility index (Phi) is 5.11. The SMILES string of the molecule is CCC(C)c1nc2cc(C(F)(F)F)ccc2n1CCCOC. The van der Waals surface area contributed by atoms with E-state index in [9.17, 15) is 13.2 Å². The predicted molar refractivity (Wildman–Crippen MR) is 79.9 cm³/mol.